The summed E-state index contributed by atoms with van der Waals surface area (Å²) in [5.74, 6) is -20.9. The van der Waals surface area contributed by atoms with E-state index in [9.17, 15) is 104 Å². The Kier molecular flexibility index (Phi) is 9.99. The number of sulfone groups is 3. The van der Waals surface area contributed by atoms with Crippen LogP contribution in [0.1, 0.15) is 0 Å². The minimum Gasteiger partial charge on any atom is -0.281 e. The molecule has 2 rings (SSSR count). The maximum atomic E-state index is 14.6. The van der Waals surface area contributed by atoms with E-state index in [1.54, 1.807) is 0 Å². The molecule has 0 aliphatic heterocycles. The van der Waals surface area contributed by atoms with Crippen molar-refractivity contribution in [2.75, 3.05) is 0 Å². The highest BCUT2D eigenvalue weighted by Crippen LogP contribution is 2.54. The summed E-state index contributed by atoms with van der Waals surface area (Å²) in [6.07, 6.45) is 0. The zero-order valence-electron chi connectivity index (χ0n) is 21.8. The number of hydrogen-bond acceptors (Lipinski definition) is 10. The van der Waals surface area contributed by atoms with Crippen LogP contribution in [-0.2, 0) is 49.7 Å². The first-order chi connectivity index (χ1) is 21.2. The molecule has 2 aromatic rings. The highest BCUT2D eigenvalue weighted by atomic mass is 32.2. The van der Waals surface area contributed by atoms with Crippen LogP contribution in [0.25, 0.3) is 0 Å². The molecule has 0 radical (unpaired) electrons. The zero-order chi connectivity index (χ0) is 39.2. The van der Waals surface area contributed by atoms with Crippen LogP contribution in [-0.4, -0.2) is 84.1 Å². The van der Waals surface area contributed by atoms with Crippen molar-refractivity contribution in [3.8, 4) is 0 Å². The van der Waals surface area contributed by atoms with Crippen molar-refractivity contribution in [1.82, 2.24) is 0 Å². The van der Waals surface area contributed by atoms with Crippen LogP contribution in [0, 0.1) is 11.6 Å². The smallest absolute Gasteiger partial charge is 0.281 e. The summed E-state index contributed by atoms with van der Waals surface area (Å²) in [7, 11) is -35.8. The molecule has 0 spiro atoms. The lowest BCUT2D eigenvalue weighted by atomic mass is 10.3. The summed E-state index contributed by atoms with van der Waals surface area (Å²) < 4.78 is 326. The van der Waals surface area contributed by atoms with E-state index in [-0.39, 0.29) is 12.1 Å². The first-order valence-corrected chi connectivity index (χ1v) is 18.1. The molecular formula is C18H8F14O12S5. The molecule has 49 heavy (non-hydrogen) atoms. The molecule has 0 atom stereocenters. The van der Waals surface area contributed by atoms with Crippen LogP contribution in [0.4, 0.5) is 61.5 Å². The largest absolute Gasteiger partial charge is 0.439 e. The van der Waals surface area contributed by atoms with Gasteiger partial charge in [0.15, 0.2) is 0 Å². The molecule has 0 bridgehead atoms. The van der Waals surface area contributed by atoms with E-state index in [0.29, 0.717) is 0 Å². The maximum Gasteiger partial charge on any atom is 0.439 e. The van der Waals surface area contributed by atoms with Crippen LogP contribution in [0.2, 0.25) is 0 Å². The summed E-state index contributed by atoms with van der Waals surface area (Å²) in [5, 5.41) is -29.2. The van der Waals surface area contributed by atoms with E-state index in [0.717, 1.165) is 0 Å². The number of rotatable bonds is 12. The molecule has 0 fully saturated rings. The molecule has 280 valence electrons. The number of alkyl halides is 12. The molecule has 0 amide bonds. The lowest BCUT2D eigenvalue weighted by molar-refractivity contribution is -0.245. The second-order valence-corrected chi connectivity index (χ2v) is 17.7. The van der Waals surface area contributed by atoms with Gasteiger partial charge in [0.05, 0.1) is 9.79 Å². The molecule has 0 unspecified atom stereocenters. The molecule has 12 nitrogen and oxygen atoms in total. The molecule has 0 saturated carbocycles. The van der Waals surface area contributed by atoms with Crippen LogP contribution in [0.15, 0.2) is 56.0 Å². The molecule has 2 N–H and O–H groups in total. The van der Waals surface area contributed by atoms with Crippen LogP contribution in [0.5, 0.6) is 0 Å². The zero-order valence-corrected chi connectivity index (χ0v) is 25.9. The minimum absolute atomic E-state index is 0.338. The van der Waals surface area contributed by atoms with Gasteiger partial charge in [-0.3, -0.25) is 9.11 Å². The maximum absolute atomic E-state index is 14.6. The standard InChI is InChI=1S/C18H8F14O12S5/c19-9-5-7(1-3-11(9)46(35,36)15(25,26)13(21,22)17(29,30)48(39,40)41)45(33,34)8-2-4-12(10(20)6-8)47(37,38)16(27,28)14(23,24)18(31,32)49(42,43)44/h1-6H,(H,39,40,41)(H,42,43,44). The van der Waals surface area contributed by atoms with Crippen molar-refractivity contribution in [3.05, 3.63) is 48.0 Å². The minimum atomic E-state index is -7.58. The predicted molar refractivity (Wildman–Crippen MR) is 125 cm³/mol. The van der Waals surface area contributed by atoms with E-state index in [4.69, 9.17) is 9.11 Å². The second kappa shape index (κ2) is 11.6. The average molecular weight is 843 g/mol. The van der Waals surface area contributed by atoms with E-state index < -0.39 is 138 Å². The van der Waals surface area contributed by atoms with Gasteiger partial charge in [0, 0.05) is 0 Å². The Morgan fingerprint density at radius 2 is 0.673 bits per heavy atom. The van der Waals surface area contributed by atoms with Gasteiger partial charge >= 0.3 is 53.1 Å². The Hall–Kier alpha value is -2.87. The fourth-order valence-corrected chi connectivity index (χ4v) is 8.07. The first-order valence-electron chi connectivity index (χ1n) is 10.8. The number of halogens is 14. The molecule has 0 aromatic heterocycles. The Labute approximate surface area is 262 Å². The SMILES string of the molecule is O=S(=O)(c1ccc(S(=O)(=O)C(F)(F)C(F)(F)C(F)(F)S(=O)(=O)O)c(F)c1)c1ccc(S(=O)(=O)C(F)(F)C(F)(F)C(F)(F)S(=O)(=O)O)c(F)c1. The van der Waals surface area contributed by atoms with Gasteiger partial charge in [0.2, 0.25) is 9.84 Å². The third-order valence-electron chi connectivity index (χ3n) is 5.79. The Balaban J connectivity index is 2.69. The first kappa shape index (κ1) is 42.3. The van der Waals surface area contributed by atoms with Crippen molar-refractivity contribution in [1.29, 1.82) is 0 Å². The van der Waals surface area contributed by atoms with Crippen LogP contribution in [0.3, 0.4) is 0 Å². The topological polar surface area (TPSA) is 211 Å². The Morgan fingerprint density at radius 1 is 0.429 bits per heavy atom. The highest BCUT2D eigenvalue weighted by Gasteiger charge is 2.83. The van der Waals surface area contributed by atoms with Crippen LogP contribution >= 0.6 is 0 Å². The predicted octanol–water partition coefficient (Wildman–Crippen LogP) is 3.76. The Morgan fingerprint density at radius 3 is 0.878 bits per heavy atom. The molecule has 0 heterocycles. The average Bonchev–Trinajstić information content (AvgIpc) is 2.90. The lowest BCUT2D eigenvalue weighted by Crippen LogP contribution is -2.60. The van der Waals surface area contributed by atoms with Crippen molar-refractivity contribution in [2.24, 2.45) is 0 Å². The van der Waals surface area contributed by atoms with Gasteiger partial charge in [0.25, 0.3) is 19.7 Å². The normalized spacial score (nSPS) is 15.3. The van der Waals surface area contributed by atoms with E-state index >= 15 is 0 Å². The molecule has 0 aliphatic carbocycles. The van der Waals surface area contributed by atoms with Crippen LogP contribution < -0.4 is 0 Å². The third-order valence-corrected chi connectivity index (χ3v) is 13.0. The number of hydrogen-bond donors (Lipinski definition) is 2. The van der Waals surface area contributed by atoms with Gasteiger partial charge in [0.1, 0.15) is 21.4 Å². The molecule has 31 heteroatoms. The van der Waals surface area contributed by atoms with Gasteiger partial charge in [-0.2, -0.15) is 69.5 Å². The van der Waals surface area contributed by atoms with E-state index in [2.05, 4.69) is 0 Å². The van der Waals surface area contributed by atoms with Crippen molar-refractivity contribution < 1.29 is 113 Å². The summed E-state index contributed by atoms with van der Waals surface area (Å²) in [6.45, 7) is 0. The summed E-state index contributed by atoms with van der Waals surface area (Å²) in [5.41, 5.74) is 0. The van der Waals surface area contributed by atoms with Crippen molar-refractivity contribution in [3.63, 3.8) is 0 Å². The second-order valence-electron chi connectivity index (χ2n) is 8.86. The van der Waals surface area contributed by atoms with Crippen molar-refractivity contribution in [2.45, 2.75) is 52.4 Å². The van der Waals surface area contributed by atoms with Gasteiger partial charge < -0.3 is 0 Å². The fraction of sp³-hybridized carbons (Fsp3) is 0.333. The van der Waals surface area contributed by atoms with Gasteiger partial charge in [-0.05, 0) is 36.4 Å². The summed E-state index contributed by atoms with van der Waals surface area (Å²) in [6, 6.07) is -3.41. The summed E-state index contributed by atoms with van der Waals surface area (Å²) >= 11 is 0. The fourth-order valence-electron chi connectivity index (χ4n) is 3.15. The third kappa shape index (κ3) is 5.92. The van der Waals surface area contributed by atoms with Gasteiger partial charge in [-0.25, -0.2) is 34.0 Å². The molecule has 0 aliphatic rings. The molecule has 0 saturated heterocycles. The van der Waals surface area contributed by atoms with E-state index in [1.807, 2.05) is 0 Å². The number of benzene rings is 2. The molecular weight excluding hydrogens is 834 g/mol. The van der Waals surface area contributed by atoms with Gasteiger partial charge in [-0.15, -0.1) is 0 Å². The monoisotopic (exact) mass is 842 g/mol. The van der Waals surface area contributed by atoms with Crippen molar-refractivity contribution >= 4 is 49.7 Å². The lowest BCUT2D eigenvalue weighted by Gasteiger charge is -2.30. The van der Waals surface area contributed by atoms with E-state index in [1.165, 1.54) is 0 Å². The Bertz CT molecular complexity index is 2100. The van der Waals surface area contributed by atoms with Gasteiger partial charge in [-0.1, -0.05) is 0 Å². The molecule has 2 aromatic carbocycles. The quantitative estimate of drug-likeness (QED) is 0.231. The highest BCUT2D eigenvalue weighted by molar-refractivity contribution is 7.93. The summed E-state index contributed by atoms with van der Waals surface area (Å²) in [4.78, 5) is -9.08.